The highest BCUT2D eigenvalue weighted by atomic mass is 19.2. The van der Waals surface area contributed by atoms with Gasteiger partial charge in [0.15, 0.2) is 17.4 Å². The molecule has 1 N–H and O–H groups in total. The third kappa shape index (κ3) is 2.11. The molecule has 0 aliphatic rings. The predicted octanol–water partition coefficient (Wildman–Crippen LogP) is 3.78. The van der Waals surface area contributed by atoms with Gasteiger partial charge in [0, 0.05) is 5.56 Å². The molecule has 0 spiro atoms. The van der Waals surface area contributed by atoms with E-state index in [0.717, 1.165) is 17.7 Å². The van der Waals surface area contributed by atoms with Gasteiger partial charge in [-0.1, -0.05) is 12.1 Å². The first kappa shape index (κ1) is 11.5. The van der Waals surface area contributed by atoms with E-state index >= 15 is 0 Å². The van der Waals surface area contributed by atoms with E-state index in [1.807, 2.05) is 0 Å². The van der Waals surface area contributed by atoms with Crippen LogP contribution in [0.15, 0.2) is 30.3 Å². The number of hydrogen-bond donors (Lipinski definition) is 1. The standard InChI is InChI=1S/C13H9F3O/c1-7-2-3-9(10(14)4-7)8-5-11(15)13(16)12(17)6-8/h2-6,17H,1H3. The summed E-state index contributed by atoms with van der Waals surface area (Å²) >= 11 is 0. The largest absolute Gasteiger partial charge is 0.505 e. The third-order valence-corrected chi connectivity index (χ3v) is 2.44. The van der Waals surface area contributed by atoms with E-state index in [0.29, 0.717) is 0 Å². The average Bonchev–Trinajstić information content (AvgIpc) is 2.25. The second-order valence-corrected chi connectivity index (χ2v) is 3.77. The molecule has 0 bridgehead atoms. The van der Waals surface area contributed by atoms with Crippen LogP contribution < -0.4 is 0 Å². The summed E-state index contributed by atoms with van der Waals surface area (Å²) < 4.78 is 39.6. The Hall–Kier alpha value is -1.97. The maximum atomic E-state index is 13.6. The number of halogens is 3. The van der Waals surface area contributed by atoms with Gasteiger partial charge >= 0.3 is 0 Å². The molecule has 88 valence electrons. The number of aromatic hydroxyl groups is 1. The Labute approximate surface area is 96.1 Å². The van der Waals surface area contributed by atoms with E-state index in [9.17, 15) is 13.2 Å². The second kappa shape index (κ2) is 4.13. The minimum atomic E-state index is -1.33. The van der Waals surface area contributed by atoms with Crippen LogP contribution >= 0.6 is 0 Å². The summed E-state index contributed by atoms with van der Waals surface area (Å²) in [6, 6.07) is 6.23. The molecule has 1 nitrogen and oxygen atoms in total. The lowest BCUT2D eigenvalue weighted by Crippen LogP contribution is -1.90. The number of phenolic OH excluding ortho intramolecular Hbond substituents is 1. The van der Waals surface area contributed by atoms with Crippen LogP contribution in [0.25, 0.3) is 11.1 Å². The van der Waals surface area contributed by atoms with E-state index in [-0.39, 0.29) is 11.1 Å². The summed E-state index contributed by atoms with van der Waals surface area (Å²) in [5, 5.41) is 9.15. The number of benzene rings is 2. The summed E-state index contributed by atoms with van der Waals surface area (Å²) in [6.07, 6.45) is 0. The molecule has 0 aliphatic heterocycles. The Morgan fingerprint density at radius 3 is 2.24 bits per heavy atom. The lowest BCUT2D eigenvalue weighted by molar-refractivity contribution is 0.407. The molecule has 0 aromatic heterocycles. The van der Waals surface area contributed by atoms with Gasteiger partial charge in [-0.3, -0.25) is 0 Å². The lowest BCUT2D eigenvalue weighted by Gasteiger charge is -2.06. The summed E-state index contributed by atoms with van der Waals surface area (Å²) in [4.78, 5) is 0. The quantitative estimate of drug-likeness (QED) is 0.801. The van der Waals surface area contributed by atoms with E-state index in [2.05, 4.69) is 0 Å². The van der Waals surface area contributed by atoms with Crippen molar-refractivity contribution in [1.82, 2.24) is 0 Å². The van der Waals surface area contributed by atoms with Gasteiger partial charge in [0.05, 0.1) is 0 Å². The van der Waals surface area contributed by atoms with Crippen molar-refractivity contribution >= 4 is 0 Å². The molecule has 0 fully saturated rings. The molecule has 4 heteroatoms. The Morgan fingerprint density at radius 2 is 1.65 bits per heavy atom. The molecule has 0 radical (unpaired) electrons. The zero-order valence-electron chi connectivity index (χ0n) is 8.97. The Bertz CT molecular complexity index is 556. The highest BCUT2D eigenvalue weighted by Crippen LogP contribution is 2.29. The van der Waals surface area contributed by atoms with Crippen molar-refractivity contribution in [2.24, 2.45) is 0 Å². The van der Waals surface area contributed by atoms with Crippen LogP contribution in [0.2, 0.25) is 0 Å². The molecule has 0 atom stereocenters. The fourth-order valence-electron chi connectivity index (χ4n) is 1.58. The summed E-state index contributed by atoms with van der Waals surface area (Å²) in [7, 11) is 0. The average molecular weight is 238 g/mol. The highest BCUT2D eigenvalue weighted by Gasteiger charge is 2.13. The van der Waals surface area contributed by atoms with E-state index in [1.54, 1.807) is 13.0 Å². The van der Waals surface area contributed by atoms with Crippen molar-refractivity contribution in [3.8, 4) is 16.9 Å². The molecule has 2 rings (SSSR count). The predicted molar refractivity (Wildman–Crippen MR) is 58.2 cm³/mol. The van der Waals surface area contributed by atoms with E-state index in [4.69, 9.17) is 5.11 Å². The molecular formula is C13H9F3O. The first-order valence-electron chi connectivity index (χ1n) is 4.93. The molecule has 0 heterocycles. The minimum absolute atomic E-state index is 0.0962. The monoisotopic (exact) mass is 238 g/mol. The minimum Gasteiger partial charge on any atom is -0.505 e. The molecule has 0 saturated carbocycles. The smallest absolute Gasteiger partial charge is 0.200 e. The van der Waals surface area contributed by atoms with Crippen molar-refractivity contribution in [2.75, 3.05) is 0 Å². The van der Waals surface area contributed by atoms with Crippen LogP contribution in [0, 0.1) is 24.4 Å². The normalized spacial score (nSPS) is 10.6. The number of hydrogen-bond acceptors (Lipinski definition) is 1. The van der Waals surface area contributed by atoms with Crippen molar-refractivity contribution in [3.05, 3.63) is 53.3 Å². The zero-order chi connectivity index (χ0) is 12.6. The Balaban J connectivity index is 2.61. The van der Waals surface area contributed by atoms with Crippen LogP contribution in [0.4, 0.5) is 13.2 Å². The van der Waals surface area contributed by atoms with Crippen molar-refractivity contribution in [3.63, 3.8) is 0 Å². The molecule has 2 aromatic carbocycles. The van der Waals surface area contributed by atoms with Crippen LogP contribution in [-0.4, -0.2) is 5.11 Å². The van der Waals surface area contributed by atoms with Crippen molar-refractivity contribution in [2.45, 2.75) is 6.92 Å². The SMILES string of the molecule is Cc1ccc(-c2cc(O)c(F)c(F)c2)c(F)c1. The van der Waals surface area contributed by atoms with Gasteiger partial charge in [-0.25, -0.2) is 8.78 Å². The number of phenols is 1. The number of aryl methyl sites for hydroxylation is 1. The summed E-state index contributed by atoms with van der Waals surface area (Å²) in [5.41, 5.74) is 0.932. The maximum Gasteiger partial charge on any atom is 0.200 e. The first-order valence-corrected chi connectivity index (χ1v) is 4.93. The van der Waals surface area contributed by atoms with E-state index in [1.165, 1.54) is 12.1 Å². The molecule has 2 aromatic rings. The van der Waals surface area contributed by atoms with Crippen LogP contribution in [0.5, 0.6) is 5.75 Å². The second-order valence-electron chi connectivity index (χ2n) is 3.77. The van der Waals surface area contributed by atoms with Crippen LogP contribution in [0.3, 0.4) is 0 Å². The van der Waals surface area contributed by atoms with Gasteiger partial charge in [0.25, 0.3) is 0 Å². The van der Waals surface area contributed by atoms with Crippen molar-refractivity contribution in [1.29, 1.82) is 0 Å². The molecule has 0 amide bonds. The topological polar surface area (TPSA) is 20.2 Å². The van der Waals surface area contributed by atoms with Crippen LogP contribution in [-0.2, 0) is 0 Å². The van der Waals surface area contributed by atoms with Gasteiger partial charge in [-0.15, -0.1) is 0 Å². The molecule has 0 unspecified atom stereocenters. The fourth-order valence-corrected chi connectivity index (χ4v) is 1.58. The first-order chi connectivity index (χ1) is 7.99. The summed E-state index contributed by atoms with van der Waals surface area (Å²) in [6.45, 7) is 1.72. The third-order valence-electron chi connectivity index (χ3n) is 2.44. The summed E-state index contributed by atoms with van der Waals surface area (Å²) in [5.74, 6) is -3.92. The van der Waals surface area contributed by atoms with Gasteiger partial charge < -0.3 is 5.11 Å². The number of rotatable bonds is 1. The fraction of sp³-hybridized carbons (Fsp3) is 0.0769. The molecular weight excluding hydrogens is 229 g/mol. The van der Waals surface area contributed by atoms with Crippen molar-refractivity contribution < 1.29 is 18.3 Å². The van der Waals surface area contributed by atoms with Gasteiger partial charge in [0.1, 0.15) is 5.82 Å². The van der Waals surface area contributed by atoms with Crippen LogP contribution in [0.1, 0.15) is 5.56 Å². The molecule has 17 heavy (non-hydrogen) atoms. The van der Waals surface area contributed by atoms with E-state index < -0.39 is 23.2 Å². The van der Waals surface area contributed by atoms with Gasteiger partial charge in [-0.05, 0) is 36.2 Å². The van der Waals surface area contributed by atoms with Gasteiger partial charge in [-0.2, -0.15) is 4.39 Å². The Kier molecular flexibility index (Phi) is 2.79. The maximum absolute atomic E-state index is 13.6. The molecule has 0 aliphatic carbocycles. The molecule has 0 saturated heterocycles. The zero-order valence-corrected chi connectivity index (χ0v) is 8.97. The lowest BCUT2D eigenvalue weighted by atomic mass is 10.0. The van der Waals surface area contributed by atoms with Gasteiger partial charge in [0.2, 0.25) is 0 Å². The Morgan fingerprint density at radius 1 is 0.941 bits per heavy atom. The highest BCUT2D eigenvalue weighted by molar-refractivity contribution is 5.66.